The number of hydrogen-bond acceptors (Lipinski definition) is 2. The molecule has 2 nitrogen and oxygen atoms in total. The Morgan fingerprint density at radius 3 is 3.17 bits per heavy atom. The van der Waals surface area contributed by atoms with E-state index in [4.69, 9.17) is 0 Å². The molecule has 0 amide bonds. The van der Waals surface area contributed by atoms with Crippen molar-refractivity contribution in [2.24, 2.45) is 5.41 Å². The summed E-state index contributed by atoms with van der Waals surface area (Å²) >= 11 is 0. The summed E-state index contributed by atoms with van der Waals surface area (Å²) < 4.78 is 0. The van der Waals surface area contributed by atoms with E-state index >= 15 is 0 Å². The lowest BCUT2D eigenvalue weighted by molar-refractivity contribution is -0.115. The first-order valence-corrected chi connectivity index (χ1v) is 4.52. The zero-order chi connectivity index (χ0) is 8.77. The van der Waals surface area contributed by atoms with Crippen molar-refractivity contribution >= 4 is 5.78 Å². The predicted octanol–water partition coefficient (Wildman–Crippen LogP) is 1.44. The summed E-state index contributed by atoms with van der Waals surface area (Å²) in [5, 5.41) is 9.46. The van der Waals surface area contributed by atoms with Crippen molar-refractivity contribution in [1.29, 1.82) is 0 Å². The minimum absolute atomic E-state index is 0.132. The highest BCUT2D eigenvalue weighted by molar-refractivity contribution is 5.91. The number of ketones is 1. The number of hydrogen-bond donors (Lipinski definition) is 1. The van der Waals surface area contributed by atoms with Gasteiger partial charge in [-0.25, -0.2) is 0 Å². The second-order valence-corrected chi connectivity index (χ2v) is 4.26. The number of aliphatic hydroxyl groups is 1. The second-order valence-electron chi connectivity index (χ2n) is 4.26. The summed E-state index contributed by atoms with van der Waals surface area (Å²) in [7, 11) is 0. The van der Waals surface area contributed by atoms with E-state index in [9.17, 15) is 9.90 Å². The Labute approximate surface area is 72.3 Å². The molecule has 0 aromatic heterocycles. The van der Waals surface area contributed by atoms with E-state index < -0.39 is 0 Å². The zero-order valence-electron chi connectivity index (χ0n) is 7.34. The highest BCUT2D eigenvalue weighted by Gasteiger charge is 2.40. The Bertz CT molecular complexity index is 255. The molecular formula is C10H14O2. The van der Waals surface area contributed by atoms with Gasteiger partial charge in [-0.3, -0.25) is 4.79 Å². The molecule has 66 valence electrons. The standard InChI is InChI=1S/C10H14O2/c1-10-3-2-8(11)4-7(10)5-9(12)6-10/h4,9,12H,2-3,5-6H2,1H3. The van der Waals surface area contributed by atoms with E-state index in [1.165, 1.54) is 5.57 Å². The van der Waals surface area contributed by atoms with E-state index in [0.717, 1.165) is 12.8 Å². The van der Waals surface area contributed by atoms with Gasteiger partial charge in [0.1, 0.15) is 0 Å². The van der Waals surface area contributed by atoms with Crippen LogP contribution in [-0.2, 0) is 4.79 Å². The smallest absolute Gasteiger partial charge is 0.155 e. The van der Waals surface area contributed by atoms with Crippen molar-refractivity contribution < 1.29 is 9.90 Å². The Balaban J connectivity index is 2.32. The molecule has 0 aromatic rings. The summed E-state index contributed by atoms with van der Waals surface area (Å²) in [5.41, 5.74) is 1.30. The van der Waals surface area contributed by atoms with Gasteiger partial charge in [0.15, 0.2) is 5.78 Å². The van der Waals surface area contributed by atoms with Crippen LogP contribution in [0.5, 0.6) is 0 Å². The molecule has 2 rings (SSSR count). The van der Waals surface area contributed by atoms with Crippen LogP contribution in [0.25, 0.3) is 0 Å². The highest BCUT2D eigenvalue weighted by Crippen LogP contribution is 2.48. The maximum atomic E-state index is 11.1. The summed E-state index contributed by atoms with van der Waals surface area (Å²) in [4.78, 5) is 11.1. The molecule has 0 aromatic carbocycles. The number of aliphatic hydroxyl groups excluding tert-OH is 1. The molecular weight excluding hydrogens is 152 g/mol. The number of carbonyl (C=O) groups is 1. The third kappa shape index (κ3) is 1.11. The normalized spacial score (nSPS) is 41.0. The number of rotatable bonds is 0. The van der Waals surface area contributed by atoms with E-state index in [1.54, 1.807) is 6.08 Å². The third-order valence-corrected chi connectivity index (χ3v) is 3.18. The SMILES string of the molecule is CC12CCC(=O)C=C1CC(O)C2. The minimum Gasteiger partial charge on any atom is -0.393 e. The maximum absolute atomic E-state index is 11.1. The molecule has 1 N–H and O–H groups in total. The molecule has 12 heavy (non-hydrogen) atoms. The lowest BCUT2D eigenvalue weighted by Crippen LogP contribution is -2.21. The van der Waals surface area contributed by atoms with Crippen molar-refractivity contribution in [1.82, 2.24) is 0 Å². The van der Waals surface area contributed by atoms with Gasteiger partial charge < -0.3 is 5.11 Å². The first-order chi connectivity index (χ1) is 5.60. The molecule has 2 heteroatoms. The summed E-state index contributed by atoms with van der Waals surface area (Å²) in [6, 6.07) is 0. The zero-order valence-corrected chi connectivity index (χ0v) is 7.34. The number of allylic oxidation sites excluding steroid dienone is 1. The van der Waals surface area contributed by atoms with Gasteiger partial charge >= 0.3 is 0 Å². The molecule has 0 spiro atoms. The van der Waals surface area contributed by atoms with Gasteiger partial charge in [0.25, 0.3) is 0 Å². The largest absolute Gasteiger partial charge is 0.393 e. The van der Waals surface area contributed by atoms with Crippen molar-refractivity contribution in [3.8, 4) is 0 Å². The Hall–Kier alpha value is -0.630. The van der Waals surface area contributed by atoms with Gasteiger partial charge in [0.05, 0.1) is 6.10 Å². The van der Waals surface area contributed by atoms with Crippen LogP contribution in [-0.4, -0.2) is 17.0 Å². The first-order valence-electron chi connectivity index (χ1n) is 4.52. The highest BCUT2D eigenvalue weighted by atomic mass is 16.3. The third-order valence-electron chi connectivity index (χ3n) is 3.18. The first kappa shape index (κ1) is 7.99. The summed E-state index contributed by atoms with van der Waals surface area (Å²) in [5.74, 6) is 0.233. The van der Waals surface area contributed by atoms with E-state index in [2.05, 4.69) is 6.92 Å². The van der Waals surface area contributed by atoms with Crippen LogP contribution in [0, 0.1) is 5.41 Å². The topological polar surface area (TPSA) is 37.3 Å². The van der Waals surface area contributed by atoms with Crippen molar-refractivity contribution in [3.05, 3.63) is 11.6 Å². The monoisotopic (exact) mass is 166 g/mol. The lowest BCUT2D eigenvalue weighted by Gasteiger charge is -2.28. The van der Waals surface area contributed by atoms with Gasteiger partial charge in [-0.15, -0.1) is 0 Å². The summed E-state index contributed by atoms with van der Waals surface area (Å²) in [6.45, 7) is 2.15. The average Bonchev–Trinajstić information content (AvgIpc) is 2.24. The van der Waals surface area contributed by atoms with Gasteiger partial charge in [-0.1, -0.05) is 12.5 Å². The second kappa shape index (κ2) is 2.43. The number of fused-ring (bicyclic) bond motifs is 1. The molecule has 2 aliphatic carbocycles. The molecule has 0 bridgehead atoms. The molecule has 2 atom stereocenters. The maximum Gasteiger partial charge on any atom is 0.155 e. The molecule has 1 fully saturated rings. The molecule has 0 saturated heterocycles. The molecule has 0 aliphatic heterocycles. The Morgan fingerprint density at radius 1 is 1.67 bits per heavy atom. The van der Waals surface area contributed by atoms with Crippen molar-refractivity contribution in [3.63, 3.8) is 0 Å². The van der Waals surface area contributed by atoms with Gasteiger partial charge in [0.2, 0.25) is 0 Å². The molecule has 2 unspecified atom stereocenters. The van der Waals surface area contributed by atoms with E-state index in [-0.39, 0.29) is 17.3 Å². The predicted molar refractivity (Wildman–Crippen MR) is 45.7 cm³/mol. The fraction of sp³-hybridized carbons (Fsp3) is 0.700. The fourth-order valence-electron chi connectivity index (χ4n) is 2.38. The number of carbonyl (C=O) groups excluding carboxylic acids is 1. The molecule has 0 radical (unpaired) electrons. The van der Waals surface area contributed by atoms with Crippen LogP contribution in [0.3, 0.4) is 0 Å². The van der Waals surface area contributed by atoms with Crippen LogP contribution >= 0.6 is 0 Å². The molecule has 1 saturated carbocycles. The fourth-order valence-corrected chi connectivity index (χ4v) is 2.38. The van der Waals surface area contributed by atoms with Crippen LogP contribution in [0.4, 0.5) is 0 Å². The van der Waals surface area contributed by atoms with Crippen molar-refractivity contribution in [2.75, 3.05) is 0 Å². The Kier molecular flexibility index (Phi) is 1.62. The van der Waals surface area contributed by atoms with Gasteiger partial charge in [-0.2, -0.15) is 0 Å². The van der Waals surface area contributed by atoms with Crippen LogP contribution in [0.2, 0.25) is 0 Å². The van der Waals surface area contributed by atoms with Crippen LogP contribution in [0.1, 0.15) is 32.6 Å². The van der Waals surface area contributed by atoms with Crippen LogP contribution in [0.15, 0.2) is 11.6 Å². The van der Waals surface area contributed by atoms with Crippen LogP contribution < -0.4 is 0 Å². The average molecular weight is 166 g/mol. The van der Waals surface area contributed by atoms with E-state index in [0.29, 0.717) is 12.8 Å². The minimum atomic E-state index is -0.216. The van der Waals surface area contributed by atoms with Gasteiger partial charge in [0, 0.05) is 6.42 Å². The quantitative estimate of drug-likeness (QED) is 0.591. The molecule has 2 aliphatic rings. The van der Waals surface area contributed by atoms with Gasteiger partial charge in [-0.05, 0) is 30.8 Å². The molecule has 0 heterocycles. The lowest BCUT2D eigenvalue weighted by atomic mass is 9.76. The van der Waals surface area contributed by atoms with Crippen molar-refractivity contribution in [2.45, 2.75) is 38.7 Å². The van der Waals surface area contributed by atoms with E-state index in [1.807, 2.05) is 0 Å². The Morgan fingerprint density at radius 2 is 2.42 bits per heavy atom. The summed E-state index contributed by atoms with van der Waals surface area (Å²) in [6.07, 6.45) is 4.67.